The van der Waals surface area contributed by atoms with E-state index in [0.29, 0.717) is 17.3 Å². The summed E-state index contributed by atoms with van der Waals surface area (Å²) < 4.78 is 5.97. The monoisotopic (exact) mass is 500 g/mol. The normalized spacial score (nSPS) is 41.8. The minimum atomic E-state index is 0.0531. The molecule has 2 nitrogen and oxygen atoms in total. The summed E-state index contributed by atoms with van der Waals surface area (Å²) in [4.78, 5) is 12.3. The highest BCUT2D eigenvalue weighted by Crippen LogP contribution is 2.68. The first-order valence-electron chi connectivity index (χ1n) is 16.3. The van der Waals surface area contributed by atoms with Crippen molar-refractivity contribution < 1.29 is 9.53 Å². The van der Waals surface area contributed by atoms with Crippen molar-refractivity contribution in [3.05, 3.63) is 0 Å². The molecule has 0 radical (unpaired) electrons. The Hall–Kier alpha value is -0.530. The van der Waals surface area contributed by atoms with Crippen LogP contribution in [0.2, 0.25) is 0 Å². The van der Waals surface area contributed by atoms with E-state index in [4.69, 9.17) is 4.74 Å². The van der Waals surface area contributed by atoms with Gasteiger partial charge in [-0.25, -0.2) is 0 Å². The average molecular weight is 501 g/mol. The molecule has 0 unspecified atom stereocenters. The molecular weight excluding hydrogens is 440 g/mol. The third-order valence-electron chi connectivity index (χ3n) is 12.9. The molecule has 0 N–H and O–H groups in total. The Bertz CT molecular complexity index is 729. The van der Waals surface area contributed by atoms with Gasteiger partial charge in [-0.2, -0.15) is 0 Å². The molecule has 0 aromatic heterocycles. The lowest BCUT2D eigenvalue weighted by molar-refractivity contribution is -0.162. The van der Waals surface area contributed by atoms with Gasteiger partial charge >= 0.3 is 5.97 Å². The highest BCUT2D eigenvalue weighted by molar-refractivity contribution is 5.69. The van der Waals surface area contributed by atoms with Gasteiger partial charge < -0.3 is 4.74 Å². The molecule has 0 heterocycles. The summed E-state index contributed by atoms with van der Waals surface area (Å²) in [5.74, 6) is 7.19. The zero-order valence-corrected chi connectivity index (χ0v) is 25.1. The van der Waals surface area contributed by atoms with Crippen LogP contribution in [0.15, 0.2) is 0 Å². The lowest BCUT2D eigenvalue weighted by Crippen LogP contribution is -2.54. The highest BCUT2D eigenvalue weighted by atomic mass is 16.5. The number of carbonyl (C=O) groups is 1. The predicted octanol–water partition coefficient (Wildman–Crippen LogP) is 9.85. The Morgan fingerprint density at radius 3 is 2.31 bits per heavy atom. The first kappa shape index (κ1) is 28.5. The third-order valence-corrected chi connectivity index (χ3v) is 12.9. The lowest BCUT2D eigenvalue weighted by Gasteiger charge is -2.61. The second-order valence-corrected chi connectivity index (χ2v) is 14.8. The van der Waals surface area contributed by atoms with E-state index in [-0.39, 0.29) is 12.1 Å². The van der Waals surface area contributed by atoms with E-state index in [2.05, 4.69) is 48.5 Å². The number of carbonyl (C=O) groups excluding carboxylic acids is 1. The van der Waals surface area contributed by atoms with Crippen molar-refractivity contribution in [3.63, 3.8) is 0 Å². The number of unbranched alkanes of at least 4 members (excludes halogenated alkanes) is 1. The molecule has 0 bridgehead atoms. The maximum Gasteiger partial charge on any atom is 0.306 e. The summed E-state index contributed by atoms with van der Waals surface area (Å²) in [6.07, 6.45) is 19.3. The zero-order chi connectivity index (χ0) is 26.1. The minimum Gasteiger partial charge on any atom is -0.462 e. The number of fused-ring (bicyclic) bond motifs is 5. The molecule has 4 rings (SSSR count). The number of esters is 1. The summed E-state index contributed by atoms with van der Waals surface area (Å²) in [5, 5.41) is 0. The summed E-state index contributed by atoms with van der Waals surface area (Å²) in [6.45, 7) is 17.4. The molecular formula is C34H60O2. The van der Waals surface area contributed by atoms with Gasteiger partial charge in [-0.3, -0.25) is 4.79 Å². The fourth-order valence-electron chi connectivity index (χ4n) is 10.6. The smallest absolute Gasteiger partial charge is 0.306 e. The Morgan fingerprint density at radius 2 is 1.61 bits per heavy atom. The van der Waals surface area contributed by atoms with E-state index in [9.17, 15) is 4.79 Å². The Morgan fingerprint density at radius 1 is 0.889 bits per heavy atom. The molecule has 0 aliphatic heterocycles. The number of hydrogen-bond donors (Lipinski definition) is 0. The van der Waals surface area contributed by atoms with E-state index < -0.39 is 0 Å². The van der Waals surface area contributed by atoms with Crippen LogP contribution in [0.1, 0.15) is 145 Å². The first-order chi connectivity index (χ1) is 17.1. The van der Waals surface area contributed by atoms with Crippen LogP contribution in [0.25, 0.3) is 0 Å². The number of rotatable bonds is 10. The van der Waals surface area contributed by atoms with Gasteiger partial charge in [-0.15, -0.1) is 0 Å². The molecule has 4 aliphatic rings. The molecule has 36 heavy (non-hydrogen) atoms. The fraction of sp³-hybridized carbons (Fsp3) is 0.971. The highest BCUT2D eigenvalue weighted by Gasteiger charge is 2.60. The van der Waals surface area contributed by atoms with Crippen LogP contribution >= 0.6 is 0 Å². The van der Waals surface area contributed by atoms with Crippen LogP contribution in [0.5, 0.6) is 0 Å². The predicted molar refractivity (Wildman–Crippen MR) is 152 cm³/mol. The second-order valence-electron chi connectivity index (χ2n) is 14.8. The van der Waals surface area contributed by atoms with Crippen molar-refractivity contribution in [2.45, 2.75) is 151 Å². The Balaban J connectivity index is 1.38. The van der Waals surface area contributed by atoms with E-state index in [1.54, 1.807) is 0 Å². The van der Waals surface area contributed by atoms with Gasteiger partial charge in [-0.05, 0) is 129 Å². The molecule has 0 amide bonds. The van der Waals surface area contributed by atoms with Gasteiger partial charge in [0.05, 0.1) is 0 Å². The molecule has 0 aromatic carbocycles. The van der Waals surface area contributed by atoms with Crippen molar-refractivity contribution >= 4 is 5.97 Å². The van der Waals surface area contributed by atoms with Gasteiger partial charge in [0.1, 0.15) is 6.10 Å². The standard InChI is InChI=1S/C34H60O2/c1-8-10-11-32(35)36-27-18-20-33(6)26(22-27)14-15-28-30-17-16-29(34(30,7)21-19-31(28)33)24(5)12-13-25(9-2)23(3)4/h23-31H,8-22H2,1-7H3/t24-,25-,26+,27+,28+,29-,30+,31+,33+,34-/m1/s1. The van der Waals surface area contributed by atoms with Crippen molar-refractivity contribution in [1.82, 2.24) is 0 Å². The summed E-state index contributed by atoms with van der Waals surface area (Å²) in [7, 11) is 0. The van der Waals surface area contributed by atoms with Crippen LogP contribution in [-0.2, 0) is 9.53 Å². The zero-order valence-electron chi connectivity index (χ0n) is 25.1. The van der Waals surface area contributed by atoms with Crippen LogP contribution in [0.4, 0.5) is 0 Å². The molecule has 0 aromatic rings. The summed E-state index contributed by atoms with van der Waals surface area (Å²) >= 11 is 0. The lowest BCUT2D eigenvalue weighted by atomic mass is 9.44. The molecule has 4 fully saturated rings. The van der Waals surface area contributed by atoms with E-state index in [1.807, 2.05) is 0 Å². The minimum absolute atomic E-state index is 0.0531. The number of hydrogen-bond acceptors (Lipinski definition) is 2. The fourth-order valence-corrected chi connectivity index (χ4v) is 10.6. The molecule has 2 heteroatoms. The third kappa shape index (κ3) is 5.45. The van der Waals surface area contributed by atoms with Gasteiger partial charge in [0.25, 0.3) is 0 Å². The topological polar surface area (TPSA) is 26.3 Å². The number of ether oxygens (including phenoxy) is 1. The van der Waals surface area contributed by atoms with Crippen molar-refractivity contribution in [3.8, 4) is 0 Å². The Kier molecular flexibility index (Phi) is 9.25. The maximum absolute atomic E-state index is 12.3. The molecule has 10 atom stereocenters. The van der Waals surface area contributed by atoms with Crippen LogP contribution < -0.4 is 0 Å². The van der Waals surface area contributed by atoms with Crippen LogP contribution in [-0.4, -0.2) is 12.1 Å². The summed E-state index contributed by atoms with van der Waals surface area (Å²) in [5.41, 5.74) is 1.06. The SMILES string of the molecule is CCCCC(=O)O[C@H]1CC[C@@]2(C)[C@@H](CC[C@@H]3[C@@H]2CC[C@]2(C)[C@@H]([C@H](C)CC[C@@H](CC)C(C)C)CC[C@@H]32)C1. The maximum atomic E-state index is 12.3. The van der Waals surface area contributed by atoms with Gasteiger partial charge in [0, 0.05) is 6.42 Å². The van der Waals surface area contributed by atoms with E-state index >= 15 is 0 Å². The molecule has 4 saturated carbocycles. The largest absolute Gasteiger partial charge is 0.462 e. The van der Waals surface area contributed by atoms with Gasteiger partial charge in [0.2, 0.25) is 0 Å². The molecule has 0 saturated heterocycles. The molecule has 0 spiro atoms. The van der Waals surface area contributed by atoms with Crippen molar-refractivity contribution in [2.75, 3.05) is 0 Å². The van der Waals surface area contributed by atoms with Crippen LogP contribution in [0.3, 0.4) is 0 Å². The van der Waals surface area contributed by atoms with Crippen molar-refractivity contribution in [2.24, 2.45) is 58.2 Å². The summed E-state index contributed by atoms with van der Waals surface area (Å²) in [6, 6.07) is 0. The van der Waals surface area contributed by atoms with Gasteiger partial charge in [-0.1, -0.05) is 67.7 Å². The van der Waals surface area contributed by atoms with E-state index in [1.165, 1.54) is 64.2 Å². The average Bonchev–Trinajstić information content (AvgIpc) is 3.20. The van der Waals surface area contributed by atoms with Crippen molar-refractivity contribution in [1.29, 1.82) is 0 Å². The Labute approximate surface area is 224 Å². The quantitative estimate of drug-likeness (QED) is 0.279. The van der Waals surface area contributed by atoms with Gasteiger partial charge in [0.15, 0.2) is 0 Å². The molecule has 208 valence electrons. The second kappa shape index (κ2) is 11.7. The van der Waals surface area contributed by atoms with E-state index in [0.717, 1.165) is 73.0 Å². The van der Waals surface area contributed by atoms with Crippen LogP contribution in [0, 0.1) is 58.2 Å². The molecule has 4 aliphatic carbocycles. The first-order valence-corrected chi connectivity index (χ1v) is 16.3.